The summed E-state index contributed by atoms with van der Waals surface area (Å²) in [6.07, 6.45) is 2.70. The molecule has 3 rings (SSSR count). The Balaban J connectivity index is 1.47. The van der Waals surface area contributed by atoms with Crippen molar-refractivity contribution in [3.05, 3.63) is 29.8 Å². The van der Waals surface area contributed by atoms with Gasteiger partial charge in [-0.2, -0.15) is 0 Å². The molecule has 0 atom stereocenters. The van der Waals surface area contributed by atoms with Gasteiger partial charge < -0.3 is 14.5 Å². The third-order valence-electron chi connectivity index (χ3n) is 5.50. The zero-order valence-electron chi connectivity index (χ0n) is 16.5. The summed E-state index contributed by atoms with van der Waals surface area (Å²) in [6.45, 7) is 13.1. The van der Waals surface area contributed by atoms with Gasteiger partial charge in [0.05, 0.1) is 7.11 Å². The molecule has 1 amide bonds. The summed E-state index contributed by atoms with van der Waals surface area (Å²) in [5.41, 5.74) is 1.04. The monoisotopic (exact) mass is 359 g/mol. The fourth-order valence-electron chi connectivity index (χ4n) is 4.23. The summed E-state index contributed by atoms with van der Waals surface area (Å²) in [5, 5.41) is 0. The van der Waals surface area contributed by atoms with Crippen molar-refractivity contribution < 1.29 is 9.53 Å². The SMILES string of the molecule is COc1ccc(C(=O)N2CCN(CC(C)(C)CN3CCCC3)CC2)cc1. The number of benzene rings is 1. The molecule has 5 heteroatoms. The number of carbonyl (C=O) groups excluding carboxylic acids is 1. The lowest BCUT2D eigenvalue weighted by molar-refractivity contribution is 0.0549. The number of carbonyl (C=O) groups is 1. The van der Waals surface area contributed by atoms with Crippen LogP contribution >= 0.6 is 0 Å². The smallest absolute Gasteiger partial charge is 0.253 e. The molecule has 0 bridgehead atoms. The minimum Gasteiger partial charge on any atom is -0.497 e. The van der Waals surface area contributed by atoms with Gasteiger partial charge in [-0.25, -0.2) is 0 Å². The first-order valence-corrected chi connectivity index (χ1v) is 9.85. The van der Waals surface area contributed by atoms with Crippen LogP contribution in [0.3, 0.4) is 0 Å². The molecule has 26 heavy (non-hydrogen) atoms. The summed E-state index contributed by atoms with van der Waals surface area (Å²) >= 11 is 0. The van der Waals surface area contributed by atoms with Crippen LogP contribution in [-0.2, 0) is 0 Å². The fourth-order valence-corrected chi connectivity index (χ4v) is 4.23. The first kappa shape index (κ1) is 19.2. The summed E-state index contributed by atoms with van der Waals surface area (Å²) in [6, 6.07) is 7.41. The van der Waals surface area contributed by atoms with Crippen molar-refractivity contribution in [3.8, 4) is 5.75 Å². The lowest BCUT2D eigenvalue weighted by Gasteiger charge is -2.40. The molecule has 0 saturated carbocycles. The first-order valence-electron chi connectivity index (χ1n) is 9.85. The molecule has 0 aliphatic carbocycles. The van der Waals surface area contributed by atoms with Crippen LogP contribution in [0.4, 0.5) is 0 Å². The van der Waals surface area contributed by atoms with Crippen molar-refractivity contribution in [3.63, 3.8) is 0 Å². The normalized spacial score (nSPS) is 19.7. The number of rotatable bonds is 6. The number of nitrogens with zero attached hydrogens (tertiary/aromatic N) is 3. The second kappa shape index (κ2) is 8.40. The van der Waals surface area contributed by atoms with Crippen LogP contribution in [0, 0.1) is 5.41 Å². The highest BCUT2D eigenvalue weighted by Crippen LogP contribution is 2.23. The van der Waals surface area contributed by atoms with Gasteiger partial charge in [0.1, 0.15) is 5.75 Å². The van der Waals surface area contributed by atoms with Gasteiger partial charge in [0.15, 0.2) is 0 Å². The lowest BCUT2D eigenvalue weighted by atomic mass is 9.91. The topological polar surface area (TPSA) is 36.0 Å². The van der Waals surface area contributed by atoms with E-state index in [1.165, 1.54) is 32.5 Å². The van der Waals surface area contributed by atoms with Crippen LogP contribution in [0.1, 0.15) is 37.0 Å². The Hall–Kier alpha value is -1.59. The highest BCUT2D eigenvalue weighted by molar-refractivity contribution is 5.94. The molecule has 2 aliphatic rings. The van der Waals surface area contributed by atoms with Crippen molar-refractivity contribution in [1.82, 2.24) is 14.7 Å². The van der Waals surface area contributed by atoms with E-state index in [1.54, 1.807) is 7.11 Å². The van der Waals surface area contributed by atoms with Crippen LogP contribution in [0.15, 0.2) is 24.3 Å². The number of likely N-dealkylation sites (tertiary alicyclic amines) is 1. The highest BCUT2D eigenvalue weighted by Gasteiger charge is 2.29. The van der Waals surface area contributed by atoms with E-state index < -0.39 is 0 Å². The second-order valence-corrected chi connectivity index (χ2v) is 8.44. The summed E-state index contributed by atoms with van der Waals surface area (Å²) in [4.78, 5) is 19.8. The van der Waals surface area contributed by atoms with E-state index in [0.29, 0.717) is 5.41 Å². The minimum absolute atomic E-state index is 0.128. The van der Waals surface area contributed by atoms with Gasteiger partial charge in [0.25, 0.3) is 5.91 Å². The van der Waals surface area contributed by atoms with Gasteiger partial charge in [-0.15, -0.1) is 0 Å². The molecule has 1 aromatic carbocycles. The third-order valence-corrected chi connectivity index (χ3v) is 5.50. The molecule has 2 fully saturated rings. The van der Waals surface area contributed by atoms with Crippen molar-refractivity contribution in [2.75, 3.05) is 59.5 Å². The average Bonchev–Trinajstić information content (AvgIpc) is 3.13. The summed E-state index contributed by atoms with van der Waals surface area (Å²) < 4.78 is 5.17. The predicted octanol–water partition coefficient (Wildman–Crippen LogP) is 2.58. The molecule has 0 unspecified atom stereocenters. The number of hydrogen-bond acceptors (Lipinski definition) is 4. The van der Waals surface area contributed by atoms with E-state index in [9.17, 15) is 4.79 Å². The number of ether oxygens (including phenoxy) is 1. The highest BCUT2D eigenvalue weighted by atomic mass is 16.5. The van der Waals surface area contributed by atoms with Crippen LogP contribution in [0.5, 0.6) is 5.75 Å². The van der Waals surface area contributed by atoms with Gasteiger partial charge in [-0.05, 0) is 55.6 Å². The maximum atomic E-state index is 12.7. The van der Waals surface area contributed by atoms with Crippen molar-refractivity contribution >= 4 is 5.91 Å². The van der Waals surface area contributed by atoms with Crippen LogP contribution in [0.2, 0.25) is 0 Å². The fraction of sp³-hybridized carbons (Fsp3) is 0.667. The Morgan fingerprint density at radius 3 is 2.00 bits per heavy atom. The Bertz CT molecular complexity index is 586. The minimum atomic E-state index is 0.128. The lowest BCUT2D eigenvalue weighted by Crippen LogP contribution is -2.52. The van der Waals surface area contributed by atoms with E-state index in [4.69, 9.17) is 4.74 Å². The zero-order chi connectivity index (χ0) is 18.6. The molecule has 0 radical (unpaired) electrons. The second-order valence-electron chi connectivity index (χ2n) is 8.44. The van der Waals surface area contributed by atoms with E-state index in [-0.39, 0.29) is 5.91 Å². The molecule has 144 valence electrons. The summed E-state index contributed by atoms with van der Waals surface area (Å²) in [7, 11) is 1.64. The van der Waals surface area contributed by atoms with E-state index in [1.807, 2.05) is 29.2 Å². The molecule has 5 nitrogen and oxygen atoms in total. The molecule has 2 saturated heterocycles. The number of hydrogen-bond donors (Lipinski definition) is 0. The van der Waals surface area contributed by atoms with Crippen LogP contribution in [0.25, 0.3) is 0 Å². The summed E-state index contributed by atoms with van der Waals surface area (Å²) in [5.74, 6) is 0.912. The standard InChI is InChI=1S/C21H33N3O2/c1-21(2,16-22-10-4-5-11-22)17-23-12-14-24(15-13-23)20(25)18-6-8-19(26-3)9-7-18/h6-9H,4-5,10-17H2,1-3H3. The third kappa shape index (κ3) is 4.98. The molecule has 0 spiro atoms. The Kier molecular flexibility index (Phi) is 6.20. The van der Waals surface area contributed by atoms with Gasteiger partial charge in [-0.1, -0.05) is 13.8 Å². The molecule has 0 aromatic heterocycles. The maximum Gasteiger partial charge on any atom is 0.253 e. The maximum absolute atomic E-state index is 12.7. The predicted molar refractivity (Wildman–Crippen MR) is 105 cm³/mol. The number of amides is 1. The van der Waals surface area contributed by atoms with Crippen molar-refractivity contribution in [2.24, 2.45) is 5.41 Å². The average molecular weight is 360 g/mol. The van der Waals surface area contributed by atoms with Crippen molar-refractivity contribution in [1.29, 1.82) is 0 Å². The van der Waals surface area contributed by atoms with Gasteiger partial charge in [0, 0.05) is 44.8 Å². The Morgan fingerprint density at radius 1 is 0.923 bits per heavy atom. The molecule has 2 heterocycles. The van der Waals surface area contributed by atoms with Crippen LogP contribution in [-0.4, -0.2) is 80.1 Å². The van der Waals surface area contributed by atoms with Crippen LogP contribution < -0.4 is 4.74 Å². The molecular weight excluding hydrogens is 326 g/mol. The largest absolute Gasteiger partial charge is 0.497 e. The number of methoxy groups -OCH3 is 1. The molecule has 1 aromatic rings. The quantitative estimate of drug-likeness (QED) is 0.782. The molecule has 2 aliphatic heterocycles. The molecule has 0 N–H and O–H groups in total. The van der Waals surface area contributed by atoms with Crippen molar-refractivity contribution in [2.45, 2.75) is 26.7 Å². The van der Waals surface area contributed by atoms with E-state index in [0.717, 1.165) is 44.0 Å². The van der Waals surface area contributed by atoms with E-state index >= 15 is 0 Å². The first-order chi connectivity index (χ1) is 12.5. The molecular formula is C21H33N3O2. The van der Waals surface area contributed by atoms with Gasteiger partial charge in [-0.3, -0.25) is 9.69 Å². The zero-order valence-corrected chi connectivity index (χ0v) is 16.5. The van der Waals surface area contributed by atoms with Gasteiger partial charge in [0.2, 0.25) is 0 Å². The Labute approximate surface area is 157 Å². The Morgan fingerprint density at radius 2 is 1.46 bits per heavy atom. The van der Waals surface area contributed by atoms with E-state index in [2.05, 4.69) is 23.6 Å². The number of piperazine rings is 1. The van der Waals surface area contributed by atoms with Gasteiger partial charge >= 0.3 is 0 Å².